The van der Waals surface area contributed by atoms with Gasteiger partial charge in [0.05, 0.1) is 6.04 Å². The molecule has 3 N–H and O–H groups in total. The van der Waals surface area contributed by atoms with Gasteiger partial charge in [0.15, 0.2) is 0 Å². The predicted octanol–water partition coefficient (Wildman–Crippen LogP) is -0.0561. The molecular formula is C5H8ClNO3. The zero-order valence-corrected chi connectivity index (χ0v) is 5.97. The monoisotopic (exact) mass is 165 g/mol. The van der Waals surface area contributed by atoms with Crippen molar-refractivity contribution in [2.45, 2.75) is 18.9 Å². The smallest absolute Gasteiger partial charge is 0.303 e. The lowest BCUT2D eigenvalue weighted by molar-refractivity contribution is -0.137. The topological polar surface area (TPSA) is 80.4 Å². The number of rotatable bonds is 4. The normalized spacial score (nSPS) is 12.6. The third kappa shape index (κ3) is 4.29. The number of carbonyl (C=O) groups is 2. The summed E-state index contributed by atoms with van der Waals surface area (Å²) in [5.41, 5.74) is 5.12. The van der Waals surface area contributed by atoms with Crippen LogP contribution in [0.4, 0.5) is 0 Å². The molecule has 0 amide bonds. The van der Waals surface area contributed by atoms with Gasteiger partial charge in [-0.2, -0.15) is 0 Å². The summed E-state index contributed by atoms with van der Waals surface area (Å²) in [7, 11) is 0. The van der Waals surface area contributed by atoms with E-state index < -0.39 is 17.3 Å². The molecule has 0 radical (unpaired) electrons. The van der Waals surface area contributed by atoms with Gasteiger partial charge >= 0.3 is 5.97 Å². The quantitative estimate of drug-likeness (QED) is 0.572. The van der Waals surface area contributed by atoms with E-state index in [1.807, 2.05) is 0 Å². The first-order chi connectivity index (χ1) is 4.54. The second kappa shape index (κ2) is 4.24. The minimum atomic E-state index is -0.978. The predicted molar refractivity (Wildman–Crippen MR) is 35.7 cm³/mol. The van der Waals surface area contributed by atoms with Crippen LogP contribution >= 0.6 is 11.6 Å². The number of hydrogen-bond acceptors (Lipinski definition) is 3. The average molecular weight is 166 g/mol. The van der Waals surface area contributed by atoms with Gasteiger partial charge in [0.2, 0.25) is 5.24 Å². The van der Waals surface area contributed by atoms with E-state index in [-0.39, 0.29) is 12.8 Å². The van der Waals surface area contributed by atoms with E-state index >= 15 is 0 Å². The Labute approximate surface area is 63.0 Å². The van der Waals surface area contributed by atoms with Gasteiger partial charge in [-0.25, -0.2) is 0 Å². The first-order valence-electron chi connectivity index (χ1n) is 2.70. The van der Waals surface area contributed by atoms with Gasteiger partial charge in [0, 0.05) is 6.42 Å². The third-order valence-corrected chi connectivity index (χ3v) is 1.24. The molecule has 0 aliphatic carbocycles. The maximum Gasteiger partial charge on any atom is 0.303 e. The summed E-state index contributed by atoms with van der Waals surface area (Å²) in [5, 5.41) is 7.44. The number of carboxylic acid groups (broad SMARTS) is 1. The summed E-state index contributed by atoms with van der Waals surface area (Å²) < 4.78 is 0. The molecule has 0 heterocycles. The second-order valence-electron chi connectivity index (χ2n) is 1.84. The molecule has 0 aliphatic rings. The summed E-state index contributed by atoms with van der Waals surface area (Å²) in [5.74, 6) is -0.978. The average Bonchev–Trinajstić information content (AvgIpc) is 1.82. The highest BCUT2D eigenvalue weighted by atomic mass is 35.5. The number of hydrogen-bond donors (Lipinski definition) is 2. The Morgan fingerprint density at radius 3 is 2.40 bits per heavy atom. The fourth-order valence-electron chi connectivity index (χ4n) is 0.392. The van der Waals surface area contributed by atoms with E-state index in [2.05, 4.69) is 0 Å². The molecule has 0 bridgehead atoms. The fraction of sp³-hybridized carbons (Fsp3) is 0.600. The van der Waals surface area contributed by atoms with Gasteiger partial charge < -0.3 is 10.8 Å². The van der Waals surface area contributed by atoms with Crippen molar-refractivity contribution in [2.75, 3.05) is 0 Å². The van der Waals surface area contributed by atoms with E-state index in [1.165, 1.54) is 0 Å². The van der Waals surface area contributed by atoms with Crippen LogP contribution in [0.3, 0.4) is 0 Å². The van der Waals surface area contributed by atoms with Crippen LogP contribution in [-0.4, -0.2) is 22.4 Å². The largest absolute Gasteiger partial charge is 0.481 e. The molecule has 4 nitrogen and oxygen atoms in total. The van der Waals surface area contributed by atoms with E-state index in [0.717, 1.165) is 0 Å². The van der Waals surface area contributed by atoms with Gasteiger partial charge in [0.25, 0.3) is 0 Å². The molecular weight excluding hydrogens is 158 g/mol. The minimum Gasteiger partial charge on any atom is -0.481 e. The molecule has 1 atom stereocenters. The molecule has 0 aromatic rings. The number of nitrogens with two attached hydrogens (primary N) is 1. The highest BCUT2D eigenvalue weighted by Gasteiger charge is 2.11. The summed E-state index contributed by atoms with van der Waals surface area (Å²) in [6.07, 6.45) is -0.0305. The Kier molecular flexibility index (Phi) is 3.99. The lowest BCUT2D eigenvalue weighted by Gasteiger charge is -2.01. The lowest BCUT2D eigenvalue weighted by Crippen LogP contribution is -2.27. The van der Waals surface area contributed by atoms with E-state index in [1.54, 1.807) is 0 Å². The molecule has 0 fully saturated rings. The fourth-order valence-corrected chi connectivity index (χ4v) is 0.502. The SMILES string of the molecule is N[C@@H](CCC(=O)O)C(=O)Cl. The van der Waals surface area contributed by atoms with E-state index in [4.69, 9.17) is 22.4 Å². The van der Waals surface area contributed by atoms with Crippen LogP contribution in [-0.2, 0) is 9.59 Å². The Bertz CT molecular complexity index is 148. The van der Waals surface area contributed by atoms with Crippen LogP contribution < -0.4 is 5.73 Å². The number of carboxylic acids is 1. The molecule has 0 saturated heterocycles. The summed E-state index contributed by atoms with van der Waals surface area (Å²) >= 11 is 4.95. The van der Waals surface area contributed by atoms with Crippen molar-refractivity contribution in [3.63, 3.8) is 0 Å². The van der Waals surface area contributed by atoms with Crippen LogP contribution in [0, 0.1) is 0 Å². The molecule has 0 saturated carbocycles. The molecule has 0 aromatic heterocycles. The molecule has 0 unspecified atom stereocenters. The van der Waals surface area contributed by atoms with Crippen LogP contribution in [0.25, 0.3) is 0 Å². The van der Waals surface area contributed by atoms with Crippen LogP contribution in [0.2, 0.25) is 0 Å². The van der Waals surface area contributed by atoms with Crippen molar-refractivity contribution >= 4 is 22.8 Å². The van der Waals surface area contributed by atoms with Gasteiger partial charge in [-0.1, -0.05) is 0 Å². The van der Waals surface area contributed by atoms with E-state index in [0.29, 0.717) is 0 Å². The molecule has 0 spiro atoms. The zero-order chi connectivity index (χ0) is 8.15. The van der Waals surface area contributed by atoms with Gasteiger partial charge in [-0.3, -0.25) is 9.59 Å². The van der Waals surface area contributed by atoms with Crippen LogP contribution in [0.15, 0.2) is 0 Å². The molecule has 5 heteroatoms. The summed E-state index contributed by atoms with van der Waals surface area (Å²) in [6, 6.07) is -0.849. The Balaban J connectivity index is 3.49. The van der Waals surface area contributed by atoms with Crippen molar-refractivity contribution in [3.05, 3.63) is 0 Å². The Morgan fingerprint density at radius 1 is 1.60 bits per heavy atom. The van der Waals surface area contributed by atoms with Crippen LogP contribution in [0.5, 0.6) is 0 Å². The second-order valence-corrected chi connectivity index (χ2v) is 2.22. The summed E-state index contributed by atoms with van der Waals surface area (Å²) in [6.45, 7) is 0. The third-order valence-electron chi connectivity index (χ3n) is 0.961. The summed E-state index contributed by atoms with van der Waals surface area (Å²) in [4.78, 5) is 20.1. The Morgan fingerprint density at radius 2 is 2.10 bits per heavy atom. The maximum absolute atomic E-state index is 10.2. The molecule has 0 rings (SSSR count). The molecule has 10 heavy (non-hydrogen) atoms. The first kappa shape index (κ1) is 9.39. The van der Waals surface area contributed by atoms with Crippen LogP contribution in [0.1, 0.15) is 12.8 Å². The highest BCUT2D eigenvalue weighted by molar-refractivity contribution is 6.64. The van der Waals surface area contributed by atoms with Crippen molar-refractivity contribution < 1.29 is 14.7 Å². The number of aliphatic carboxylic acids is 1. The molecule has 0 aromatic carbocycles. The van der Waals surface area contributed by atoms with Crippen molar-refractivity contribution in [1.29, 1.82) is 0 Å². The standard InChI is InChI=1S/C5H8ClNO3/c6-5(10)3(7)1-2-4(8)9/h3H,1-2,7H2,(H,8,9)/t3-/m0/s1. The van der Waals surface area contributed by atoms with Crippen molar-refractivity contribution in [2.24, 2.45) is 5.73 Å². The Hall–Kier alpha value is -0.610. The maximum atomic E-state index is 10.2. The van der Waals surface area contributed by atoms with E-state index in [9.17, 15) is 9.59 Å². The zero-order valence-electron chi connectivity index (χ0n) is 5.21. The lowest BCUT2D eigenvalue weighted by atomic mass is 10.2. The van der Waals surface area contributed by atoms with Crippen molar-refractivity contribution in [1.82, 2.24) is 0 Å². The van der Waals surface area contributed by atoms with Crippen molar-refractivity contribution in [3.8, 4) is 0 Å². The minimum absolute atomic E-state index is 0.0949. The highest BCUT2D eigenvalue weighted by Crippen LogP contribution is 1.97. The molecule has 0 aliphatic heterocycles. The number of carbonyl (C=O) groups excluding carboxylic acids is 1. The number of halogens is 1. The van der Waals surface area contributed by atoms with Gasteiger partial charge in [-0.05, 0) is 18.0 Å². The first-order valence-corrected chi connectivity index (χ1v) is 3.08. The van der Waals surface area contributed by atoms with Gasteiger partial charge in [0.1, 0.15) is 0 Å². The van der Waals surface area contributed by atoms with Gasteiger partial charge in [-0.15, -0.1) is 0 Å². The molecule has 58 valence electrons.